The monoisotopic (exact) mass is 528 g/mol. The van der Waals surface area contributed by atoms with Crippen molar-refractivity contribution in [2.75, 3.05) is 39.4 Å². The maximum atomic E-state index is 13.5. The van der Waals surface area contributed by atoms with Crippen LogP contribution in [0.5, 0.6) is 0 Å². The Morgan fingerprint density at radius 2 is 1.67 bits per heavy atom. The molecule has 2 fully saturated rings. The first-order valence-corrected chi connectivity index (χ1v) is 13.5. The molecule has 2 saturated heterocycles. The minimum Gasteiger partial charge on any atom is -0.507 e. The van der Waals surface area contributed by atoms with Crippen LogP contribution in [0.2, 0.25) is 0 Å². The van der Waals surface area contributed by atoms with Gasteiger partial charge in [0.25, 0.3) is 11.7 Å². The molecule has 1 aromatic heterocycles. The highest BCUT2D eigenvalue weighted by Gasteiger charge is 2.46. The van der Waals surface area contributed by atoms with Crippen molar-refractivity contribution in [2.45, 2.75) is 39.2 Å². The summed E-state index contributed by atoms with van der Waals surface area (Å²) in [5, 5.41) is 16.1. The van der Waals surface area contributed by atoms with Gasteiger partial charge in [0.05, 0.1) is 48.0 Å². The molecular formula is C31H36N4O4. The van der Waals surface area contributed by atoms with E-state index in [4.69, 9.17) is 4.74 Å². The van der Waals surface area contributed by atoms with Crippen molar-refractivity contribution in [1.29, 1.82) is 0 Å². The zero-order chi connectivity index (χ0) is 27.7. The number of carbonyl (C=O) groups excluding carboxylic acids is 2. The average molecular weight is 529 g/mol. The number of rotatable bonds is 6. The predicted octanol–water partition coefficient (Wildman–Crippen LogP) is 4.23. The van der Waals surface area contributed by atoms with Crippen molar-refractivity contribution in [3.8, 4) is 5.69 Å². The number of ketones is 1. The fraction of sp³-hybridized carbons (Fsp3) is 0.387. The van der Waals surface area contributed by atoms with E-state index < -0.39 is 17.7 Å². The Labute approximate surface area is 229 Å². The number of hydrogen-bond donors (Lipinski definition) is 1. The number of aromatic nitrogens is 2. The molecule has 0 spiro atoms. The lowest BCUT2D eigenvalue weighted by Gasteiger charge is -2.31. The quantitative estimate of drug-likeness (QED) is 0.293. The van der Waals surface area contributed by atoms with E-state index in [0.717, 1.165) is 29.9 Å². The standard InChI is InChI=1S/C31H36N4O4/c1-21-25(20-32-35(21)24-8-6-5-7-9-24)28(36)26-27(22-10-12-23(13-11-22)31(2,3)4)34(30(38)29(26)37)15-14-33-16-18-39-19-17-33/h5-13,20,27,36H,14-19H2,1-4H3/b28-26+/t27-/m1/s1. The Hall–Kier alpha value is -3.75. The van der Waals surface area contributed by atoms with Crippen LogP contribution >= 0.6 is 0 Å². The summed E-state index contributed by atoms with van der Waals surface area (Å²) in [5.74, 6) is -1.47. The van der Waals surface area contributed by atoms with Gasteiger partial charge in [0.2, 0.25) is 0 Å². The Balaban J connectivity index is 1.56. The Morgan fingerprint density at radius 1 is 1.00 bits per heavy atom. The molecule has 3 aromatic rings. The normalized spacial score (nSPS) is 20.1. The SMILES string of the molecule is Cc1c(/C(O)=C2\C(=O)C(=O)N(CCN3CCOCC3)[C@@H]2c2ccc(C(C)(C)C)cc2)cnn1-c1ccccc1. The highest BCUT2D eigenvalue weighted by molar-refractivity contribution is 6.46. The molecule has 1 amide bonds. The van der Waals surface area contributed by atoms with E-state index in [-0.39, 0.29) is 16.7 Å². The average Bonchev–Trinajstić information content (AvgIpc) is 3.44. The molecular weight excluding hydrogens is 492 g/mol. The summed E-state index contributed by atoms with van der Waals surface area (Å²) >= 11 is 0. The largest absolute Gasteiger partial charge is 0.507 e. The van der Waals surface area contributed by atoms with Crippen LogP contribution in [-0.4, -0.2) is 75.8 Å². The molecule has 39 heavy (non-hydrogen) atoms. The van der Waals surface area contributed by atoms with Crippen LogP contribution < -0.4 is 0 Å². The van der Waals surface area contributed by atoms with Gasteiger partial charge in [-0.1, -0.05) is 63.2 Å². The van der Waals surface area contributed by atoms with E-state index in [1.165, 1.54) is 0 Å². The topological polar surface area (TPSA) is 87.9 Å². The van der Waals surface area contributed by atoms with Crippen LogP contribution in [0.1, 0.15) is 49.2 Å². The molecule has 2 aliphatic rings. The molecule has 8 nitrogen and oxygen atoms in total. The van der Waals surface area contributed by atoms with Gasteiger partial charge in [-0.25, -0.2) is 4.68 Å². The van der Waals surface area contributed by atoms with Gasteiger partial charge >= 0.3 is 0 Å². The third kappa shape index (κ3) is 5.27. The van der Waals surface area contributed by atoms with Crippen molar-refractivity contribution >= 4 is 17.4 Å². The molecule has 204 valence electrons. The van der Waals surface area contributed by atoms with Crippen molar-refractivity contribution < 1.29 is 19.4 Å². The second kappa shape index (κ2) is 10.8. The number of benzene rings is 2. The predicted molar refractivity (Wildman–Crippen MR) is 150 cm³/mol. The maximum Gasteiger partial charge on any atom is 0.295 e. The number of hydrogen-bond acceptors (Lipinski definition) is 6. The van der Waals surface area contributed by atoms with Crippen LogP contribution in [0, 0.1) is 6.92 Å². The molecule has 2 aliphatic heterocycles. The molecule has 0 aliphatic carbocycles. The van der Waals surface area contributed by atoms with Crippen LogP contribution in [-0.2, 0) is 19.7 Å². The van der Waals surface area contributed by atoms with Crippen molar-refractivity contribution in [1.82, 2.24) is 19.6 Å². The molecule has 2 aromatic carbocycles. The van der Waals surface area contributed by atoms with E-state index in [2.05, 4.69) is 30.8 Å². The van der Waals surface area contributed by atoms with Gasteiger partial charge in [0.1, 0.15) is 5.76 Å². The first-order valence-electron chi connectivity index (χ1n) is 13.5. The van der Waals surface area contributed by atoms with Gasteiger partial charge in [-0.3, -0.25) is 14.5 Å². The number of para-hydroxylation sites is 1. The number of amides is 1. The highest BCUT2D eigenvalue weighted by Crippen LogP contribution is 2.40. The number of Topliss-reactive ketones (excluding diaryl/α,β-unsaturated/α-hetero) is 1. The van der Waals surface area contributed by atoms with Gasteiger partial charge in [0, 0.05) is 26.2 Å². The summed E-state index contributed by atoms with van der Waals surface area (Å²) in [5.41, 5.74) is 3.95. The minimum absolute atomic E-state index is 0.0419. The van der Waals surface area contributed by atoms with Crippen molar-refractivity contribution in [2.24, 2.45) is 0 Å². The third-order valence-corrected chi connectivity index (χ3v) is 7.66. The van der Waals surface area contributed by atoms with Crippen LogP contribution in [0.4, 0.5) is 0 Å². The van der Waals surface area contributed by atoms with E-state index in [1.54, 1.807) is 15.8 Å². The summed E-state index contributed by atoms with van der Waals surface area (Å²) in [6.07, 6.45) is 1.55. The third-order valence-electron chi connectivity index (χ3n) is 7.66. The Morgan fingerprint density at radius 3 is 2.31 bits per heavy atom. The van der Waals surface area contributed by atoms with Crippen molar-refractivity contribution in [3.63, 3.8) is 0 Å². The molecule has 5 rings (SSSR count). The first kappa shape index (κ1) is 26.8. The van der Waals surface area contributed by atoms with Crippen LogP contribution in [0.3, 0.4) is 0 Å². The number of aliphatic hydroxyl groups excluding tert-OH is 1. The van der Waals surface area contributed by atoms with Crippen LogP contribution in [0.25, 0.3) is 11.4 Å². The van der Waals surface area contributed by atoms with E-state index in [9.17, 15) is 14.7 Å². The number of carbonyl (C=O) groups is 2. The first-order chi connectivity index (χ1) is 18.7. The molecule has 0 saturated carbocycles. The van der Waals surface area contributed by atoms with Crippen LogP contribution in [0.15, 0.2) is 66.4 Å². The molecule has 1 N–H and O–H groups in total. The zero-order valence-electron chi connectivity index (χ0n) is 23.1. The smallest absolute Gasteiger partial charge is 0.295 e. The molecule has 0 unspecified atom stereocenters. The minimum atomic E-state index is -0.695. The second-order valence-corrected chi connectivity index (χ2v) is 11.2. The van der Waals surface area contributed by atoms with Gasteiger partial charge in [-0.05, 0) is 35.6 Å². The zero-order valence-corrected chi connectivity index (χ0v) is 23.1. The van der Waals surface area contributed by atoms with Gasteiger partial charge in [0.15, 0.2) is 0 Å². The van der Waals surface area contributed by atoms with Gasteiger partial charge in [-0.15, -0.1) is 0 Å². The van der Waals surface area contributed by atoms with Gasteiger partial charge < -0.3 is 14.7 Å². The summed E-state index contributed by atoms with van der Waals surface area (Å²) in [6.45, 7) is 12.1. The van der Waals surface area contributed by atoms with E-state index in [0.29, 0.717) is 37.6 Å². The number of likely N-dealkylation sites (tertiary alicyclic amines) is 1. The Bertz CT molecular complexity index is 1380. The molecule has 3 heterocycles. The lowest BCUT2D eigenvalue weighted by molar-refractivity contribution is -0.140. The Kier molecular flexibility index (Phi) is 7.42. The van der Waals surface area contributed by atoms with E-state index in [1.807, 2.05) is 61.5 Å². The maximum absolute atomic E-state index is 13.5. The molecule has 0 bridgehead atoms. The van der Waals surface area contributed by atoms with Crippen molar-refractivity contribution in [3.05, 3.63) is 88.8 Å². The van der Waals surface area contributed by atoms with E-state index >= 15 is 0 Å². The number of morpholine rings is 1. The molecule has 8 heteroatoms. The summed E-state index contributed by atoms with van der Waals surface area (Å²) in [7, 11) is 0. The molecule has 0 radical (unpaired) electrons. The highest BCUT2D eigenvalue weighted by atomic mass is 16.5. The van der Waals surface area contributed by atoms with Gasteiger partial charge in [-0.2, -0.15) is 5.10 Å². The second-order valence-electron chi connectivity index (χ2n) is 11.2. The number of aliphatic hydroxyl groups is 1. The lowest BCUT2D eigenvalue weighted by Crippen LogP contribution is -2.42. The fourth-order valence-corrected chi connectivity index (χ4v) is 5.31. The summed E-state index contributed by atoms with van der Waals surface area (Å²) in [6, 6.07) is 16.9. The summed E-state index contributed by atoms with van der Waals surface area (Å²) < 4.78 is 7.18. The number of nitrogens with zero attached hydrogens (tertiary/aromatic N) is 4. The number of ether oxygens (including phenoxy) is 1. The summed E-state index contributed by atoms with van der Waals surface area (Å²) in [4.78, 5) is 30.8. The lowest BCUT2D eigenvalue weighted by atomic mass is 9.85. The molecule has 1 atom stereocenters. The fourth-order valence-electron chi connectivity index (χ4n) is 5.31.